The third-order valence-electron chi connectivity index (χ3n) is 6.19. The summed E-state index contributed by atoms with van der Waals surface area (Å²) in [4.78, 5) is 26.7. The van der Waals surface area contributed by atoms with Crippen molar-refractivity contribution in [3.8, 4) is 0 Å². The van der Waals surface area contributed by atoms with Crippen LogP contribution in [0.1, 0.15) is 34.5 Å². The number of amides is 1. The molecule has 5 rings (SSSR count). The number of nitrogens with one attached hydrogen (secondary N) is 1. The lowest BCUT2D eigenvalue weighted by atomic mass is 10.0. The maximum atomic E-state index is 11.5. The summed E-state index contributed by atoms with van der Waals surface area (Å²) >= 11 is 0. The number of carbonyl (C=O) groups is 1. The van der Waals surface area contributed by atoms with E-state index in [1.165, 1.54) is 16.0 Å². The van der Waals surface area contributed by atoms with Gasteiger partial charge in [0.1, 0.15) is 0 Å². The molecule has 1 aliphatic heterocycles. The molecule has 3 heterocycles. The molecule has 2 N–H and O–H groups in total. The Morgan fingerprint density at radius 3 is 2.71 bits per heavy atom. The molecule has 0 atom stereocenters. The number of anilines is 1. The Bertz CT molecular complexity index is 1060. The summed E-state index contributed by atoms with van der Waals surface area (Å²) < 4.78 is 2.05. The Morgan fingerprint density at radius 2 is 2.00 bits per heavy atom. The summed E-state index contributed by atoms with van der Waals surface area (Å²) in [6.07, 6.45) is 8.90. The normalized spacial score (nSPS) is 15.5. The SMILES string of the molecule is O=C(O)N1CCc2nc(NC3Cc4ccccc4C3)nc(CCCn3ccnc3)c2C1. The Labute approximate surface area is 181 Å². The van der Waals surface area contributed by atoms with Crippen LogP contribution in [0, 0.1) is 0 Å². The minimum absolute atomic E-state index is 0.286. The molecule has 3 aromatic rings. The fourth-order valence-electron chi connectivity index (χ4n) is 4.61. The molecule has 1 aromatic carbocycles. The Morgan fingerprint density at radius 1 is 1.19 bits per heavy atom. The number of aryl methyl sites for hydroxylation is 2. The highest BCUT2D eigenvalue weighted by molar-refractivity contribution is 5.65. The van der Waals surface area contributed by atoms with Gasteiger partial charge in [0.2, 0.25) is 5.95 Å². The van der Waals surface area contributed by atoms with Crippen LogP contribution in [0.5, 0.6) is 0 Å². The van der Waals surface area contributed by atoms with E-state index in [0.29, 0.717) is 25.5 Å². The number of nitrogens with zero attached hydrogens (tertiary/aromatic N) is 5. The molecule has 2 aliphatic rings. The van der Waals surface area contributed by atoms with Gasteiger partial charge in [0.25, 0.3) is 0 Å². The second kappa shape index (κ2) is 8.37. The van der Waals surface area contributed by atoms with Gasteiger partial charge in [-0.15, -0.1) is 0 Å². The minimum atomic E-state index is -0.888. The molecule has 1 aliphatic carbocycles. The Kier molecular flexibility index (Phi) is 5.28. The first-order valence-electron chi connectivity index (χ1n) is 10.8. The van der Waals surface area contributed by atoms with Crippen molar-refractivity contribution in [2.75, 3.05) is 11.9 Å². The molecule has 0 radical (unpaired) electrons. The lowest BCUT2D eigenvalue weighted by Crippen LogP contribution is -2.36. The number of rotatable bonds is 6. The molecule has 0 fully saturated rings. The number of aromatic nitrogens is 4. The van der Waals surface area contributed by atoms with Crippen molar-refractivity contribution in [2.24, 2.45) is 0 Å². The first-order chi connectivity index (χ1) is 15.2. The van der Waals surface area contributed by atoms with Gasteiger partial charge in [-0.1, -0.05) is 24.3 Å². The molecule has 0 saturated heterocycles. The second-order valence-electron chi connectivity index (χ2n) is 8.30. The van der Waals surface area contributed by atoms with E-state index in [1.807, 2.05) is 17.1 Å². The van der Waals surface area contributed by atoms with Crippen molar-refractivity contribution >= 4 is 12.0 Å². The smallest absolute Gasteiger partial charge is 0.407 e. The predicted molar refractivity (Wildman–Crippen MR) is 116 cm³/mol. The highest BCUT2D eigenvalue weighted by Crippen LogP contribution is 2.26. The van der Waals surface area contributed by atoms with Gasteiger partial charge in [-0.25, -0.2) is 19.7 Å². The molecule has 0 bridgehead atoms. The number of hydrogen-bond donors (Lipinski definition) is 2. The van der Waals surface area contributed by atoms with Crippen LogP contribution in [0.2, 0.25) is 0 Å². The minimum Gasteiger partial charge on any atom is -0.465 e. The van der Waals surface area contributed by atoms with E-state index in [0.717, 1.165) is 49.2 Å². The highest BCUT2D eigenvalue weighted by atomic mass is 16.4. The van der Waals surface area contributed by atoms with E-state index in [9.17, 15) is 9.90 Å². The summed E-state index contributed by atoms with van der Waals surface area (Å²) in [7, 11) is 0. The maximum Gasteiger partial charge on any atom is 0.407 e. The highest BCUT2D eigenvalue weighted by Gasteiger charge is 2.26. The molecule has 2 aromatic heterocycles. The summed E-state index contributed by atoms with van der Waals surface area (Å²) in [5.41, 5.74) is 5.67. The van der Waals surface area contributed by atoms with E-state index in [-0.39, 0.29) is 6.04 Å². The van der Waals surface area contributed by atoms with Crippen LogP contribution in [0.3, 0.4) is 0 Å². The number of imidazole rings is 1. The molecule has 1 amide bonds. The Balaban J connectivity index is 1.35. The van der Waals surface area contributed by atoms with Crippen LogP contribution in [-0.4, -0.2) is 48.2 Å². The van der Waals surface area contributed by atoms with Crippen LogP contribution >= 0.6 is 0 Å². The van der Waals surface area contributed by atoms with Gasteiger partial charge in [0.05, 0.1) is 24.3 Å². The fraction of sp³-hybridized carbons (Fsp3) is 0.391. The van der Waals surface area contributed by atoms with Gasteiger partial charge in [0, 0.05) is 43.5 Å². The zero-order valence-corrected chi connectivity index (χ0v) is 17.4. The van der Waals surface area contributed by atoms with Gasteiger partial charge in [-0.3, -0.25) is 0 Å². The number of carboxylic acid groups (broad SMARTS) is 1. The average Bonchev–Trinajstić information content (AvgIpc) is 3.42. The Hall–Kier alpha value is -3.42. The van der Waals surface area contributed by atoms with Crippen LogP contribution in [0.25, 0.3) is 0 Å². The molecule has 0 saturated carbocycles. The van der Waals surface area contributed by atoms with Gasteiger partial charge in [0.15, 0.2) is 0 Å². The number of benzene rings is 1. The first kappa shape index (κ1) is 19.5. The van der Waals surface area contributed by atoms with Gasteiger partial charge < -0.3 is 19.9 Å². The molecular weight excluding hydrogens is 392 g/mol. The van der Waals surface area contributed by atoms with E-state index in [1.54, 1.807) is 6.20 Å². The van der Waals surface area contributed by atoms with E-state index >= 15 is 0 Å². The maximum absolute atomic E-state index is 11.5. The quantitative estimate of drug-likeness (QED) is 0.639. The predicted octanol–water partition coefficient (Wildman–Crippen LogP) is 2.92. The van der Waals surface area contributed by atoms with Gasteiger partial charge in [-0.2, -0.15) is 0 Å². The lowest BCUT2D eigenvalue weighted by Gasteiger charge is -2.28. The third-order valence-corrected chi connectivity index (χ3v) is 6.19. The largest absolute Gasteiger partial charge is 0.465 e. The van der Waals surface area contributed by atoms with Crippen LogP contribution in [0.15, 0.2) is 43.0 Å². The summed E-state index contributed by atoms with van der Waals surface area (Å²) in [5, 5.41) is 13.0. The van der Waals surface area contributed by atoms with Crippen molar-refractivity contribution in [3.05, 3.63) is 71.1 Å². The van der Waals surface area contributed by atoms with E-state index in [2.05, 4.69) is 34.6 Å². The molecule has 160 valence electrons. The first-order valence-corrected chi connectivity index (χ1v) is 10.8. The fourth-order valence-corrected chi connectivity index (χ4v) is 4.61. The zero-order chi connectivity index (χ0) is 21.2. The summed E-state index contributed by atoms with van der Waals surface area (Å²) in [6.45, 7) is 1.68. The van der Waals surface area contributed by atoms with Gasteiger partial charge in [-0.05, 0) is 36.8 Å². The standard InChI is InChI=1S/C23H26N6O2/c30-23(31)29-10-7-21-19(14-29)20(6-3-9-28-11-8-24-15-28)26-22(27-21)25-18-12-16-4-1-2-5-17(16)13-18/h1-2,4-5,8,11,15,18H,3,6-7,9-10,12-14H2,(H,30,31)(H,25,26,27). The average molecular weight is 419 g/mol. The monoisotopic (exact) mass is 418 g/mol. The third kappa shape index (κ3) is 4.23. The van der Waals surface area contributed by atoms with Crippen molar-refractivity contribution in [1.82, 2.24) is 24.4 Å². The lowest BCUT2D eigenvalue weighted by molar-refractivity contribution is 0.139. The second-order valence-corrected chi connectivity index (χ2v) is 8.30. The van der Waals surface area contributed by atoms with E-state index < -0.39 is 6.09 Å². The number of hydrogen-bond acceptors (Lipinski definition) is 5. The zero-order valence-electron chi connectivity index (χ0n) is 17.4. The van der Waals surface area contributed by atoms with Crippen molar-refractivity contribution in [1.29, 1.82) is 0 Å². The molecule has 8 nitrogen and oxygen atoms in total. The summed E-state index contributed by atoms with van der Waals surface area (Å²) in [5.74, 6) is 0.665. The topological polar surface area (TPSA) is 96.2 Å². The van der Waals surface area contributed by atoms with Crippen LogP contribution in [-0.2, 0) is 38.8 Å². The van der Waals surface area contributed by atoms with Gasteiger partial charge >= 0.3 is 6.09 Å². The molecular formula is C23H26N6O2. The molecule has 0 unspecified atom stereocenters. The van der Waals surface area contributed by atoms with Crippen LogP contribution in [0.4, 0.5) is 10.7 Å². The number of fused-ring (bicyclic) bond motifs is 2. The van der Waals surface area contributed by atoms with Crippen molar-refractivity contribution < 1.29 is 9.90 Å². The molecule has 0 spiro atoms. The van der Waals surface area contributed by atoms with Crippen LogP contribution < -0.4 is 5.32 Å². The molecule has 31 heavy (non-hydrogen) atoms. The summed E-state index contributed by atoms with van der Waals surface area (Å²) in [6, 6.07) is 8.83. The van der Waals surface area contributed by atoms with Crippen molar-refractivity contribution in [3.63, 3.8) is 0 Å². The van der Waals surface area contributed by atoms with E-state index in [4.69, 9.17) is 9.97 Å². The van der Waals surface area contributed by atoms with Crippen molar-refractivity contribution in [2.45, 2.75) is 51.2 Å². The molecule has 8 heteroatoms.